The number of unbranched alkanes of at least 4 members (excludes halogenated alkanes) is 4. The van der Waals surface area contributed by atoms with Crippen LogP contribution in [-0.2, 0) is 9.53 Å². The summed E-state index contributed by atoms with van der Waals surface area (Å²) in [5.74, 6) is 1.42. The molecular formula is C33H43ClN6O4. The van der Waals surface area contributed by atoms with Gasteiger partial charge >= 0.3 is 6.09 Å². The summed E-state index contributed by atoms with van der Waals surface area (Å²) in [6.45, 7) is 10.5. The number of methoxy groups -OCH3 is 1. The van der Waals surface area contributed by atoms with Crippen LogP contribution >= 0.6 is 11.6 Å². The maximum absolute atomic E-state index is 13.4. The Bertz CT molecular complexity index is 1480. The Hall–Kier alpha value is -3.92. The van der Waals surface area contributed by atoms with Gasteiger partial charge in [0, 0.05) is 29.2 Å². The monoisotopic (exact) mass is 622 g/mol. The quantitative estimate of drug-likeness (QED) is 0.227. The van der Waals surface area contributed by atoms with Crippen LogP contribution in [0.5, 0.6) is 5.75 Å². The molecule has 0 fully saturated rings. The third-order valence-electron chi connectivity index (χ3n) is 7.41. The highest BCUT2D eigenvalue weighted by Crippen LogP contribution is 2.36. The molecule has 2 atom stereocenters. The molecule has 0 spiro atoms. The summed E-state index contributed by atoms with van der Waals surface area (Å²) in [6, 6.07) is 12.8. The lowest BCUT2D eigenvalue weighted by Crippen LogP contribution is -2.33. The van der Waals surface area contributed by atoms with Crippen LogP contribution in [0.15, 0.2) is 47.5 Å². The summed E-state index contributed by atoms with van der Waals surface area (Å²) >= 11 is 6.21. The summed E-state index contributed by atoms with van der Waals surface area (Å²) in [5.41, 5.74) is 2.83. The third kappa shape index (κ3) is 8.37. The van der Waals surface area contributed by atoms with Crippen molar-refractivity contribution in [3.8, 4) is 11.4 Å². The number of amides is 2. The SMILES string of the molecule is COc1ccc2c(c1)C(c1ccc(Cl)cc1)=N[C@@H]([C@@H](C)C(=O)NCCCCCCCNC(=O)OC(C)(C)C)c1nnc(C)n1-2. The van der Waals surface area contributed by atoms with E-state index in [0.29, 0.717) is 35.5 Å². The summed E-state index contributed by atoms with van der Waals surface area (Å²) in [6.07, 6.45) is 4.35. The van der Waals surface area contributed by atoms with Crippen LogP contribution in [0.2, 0.25) is 5.02 Å². The lowest BCUT2D eigenvalue weighted by molar-refractivity contribution is -0.125. The smallest absolute Gasteiger partial charge is 0.407 e. The Morgan fingerprint density at radius 3 is 2.30 bits per heavy atom. The largest absolute Gasteiger partial charge is 0.497 e. The fourth-order valence-electron chi connectivity index (χ4n) is 5.14. The zero-order chi connectivity index (χ0) is 31.9. The second kappa shape index (κ2) is 14.7. The molecular weight excluding hydrogens is 580 g/mol. The molecule has 1 aliphatic rings. The van der Waals surface area contributed by atoms with Gasteiger partial charge < -0.3 is 20.1 Å². The molecule has 11 heteroatoms. The standard InChI is InChI=1S/C33H43ClN6O4/c1-21(31(41)35-18-10-8-7-9-11-19-36-32(42)44-33(3,4)5)28-30-39-38-22(2)40(30)27-17-16-25(43-6)20-26(27)29(37-28)23-12-14-24(34)15-13-23/h12-17,20-21,28H,7-11,18-19H2,1-6H3,(H,35,41)(H,36,42)/t21-,28+/m1/s1. The summed E-state index contributed by atoms with van der Waals surface area (Å²) in [5, 5.41) is 15.4. The molecule has 3 aromatic rings. The molecule has 0 saturated heterocycles. The number of benzene rings is 2. The van der Waals surface area contributed by atoms with E-state index < -0.39 is 17.6 Å². The van der Waals surface area contributed by atoms with Crippen LogP contribution in [-0.4, -0.2) is 58.3 Å². The summed E-state index contributed by atoms with van der Waals surface area (Å²) in [4.78, 5) is 30.4. The van der Waals surface area contributed by atoms with Crippen molar-refractivity contribution in [1.29, 1.82) is 0 Å². The number of fused-ring (bicyclic) bond motifs is 3. The molecule has 2 heterocycles. The van der Waals surface area contributed by atoms with Gasteiger partial charge in [0.2, 0.25) is 5.91 Å². The van der Waals surface area contributed by atoms with Gasteiger partial charge in [0.1, 0.15) is 23.2 Å². The number of alkyl carbamates (subject to hydrolysis) is 1. The number of halogens is 1. The van der Waals surface area contributed by atoms with Crippen LogP contribution < -0.4 is 15.4 Å². The van der Waals surface area contributed by atoms with E-state index in [-0.39, 0.29) is 12.0 Å². The van der Waals surface area contributed by atoms with Gasteiger partial charge in [0.15, 0.2) is 5.82 Å². The summed E-state index contributed by atoms with van der Waals surface area (Å²) < 4.78 is 12.8. The number of carbonyl (C=O) groups excluding carboxylic acids is 2. The first kappa shape index (κ1) is 33.0. The molecule has 0 radical (unpaired) electrons. The molecule has 1 aliphatic heterocycles. The van der Waals surface area contributed by atoms with Gasteiger partial charge in [-0.15, -0.1) is 10.2 Å². The Morgan fingerprint density at radius 1 is 0.977 bits per heavy atom. The van der Waals surface area contributed by atoms with E-state index in [0.717, 1.165) is 54.6 Å². The van der Waals surface area contributed by atoms with Crippen molar-refractivity contribution in [2.45, 2.75) is 78.4 Å². The maximum Gasteiger partial charge on any atom is 0.407 e. The van der Waals surface area contributed by atoms with Gasteiger partial charge in [-0.05, 0) is 70.9 Å². The first-order chi connectivity index (χ1) is 21.0. The molecule has 0 saturated carbocycles. The highest BCUT2D eigenvalue weighted by Gasteiger charge is 2.34. The fraction of sp³-hybridized carbons (Fsp3) is 0.485. The van der Waals surface area contributed by atoms with Crippen molar-refractivity contribution in [3.05, 3.63) is 70.3 Å². The zero-order valence-corrected chi connectivity index (χ0v) is 27.2. The molecule has 0 unspecified atom stereocenters. The van der Waals surface area contributed by atoms with Crippen LogP contribution in [0.4, 0.5) is 4.79 Å². The van der Waals surface area contributed by atoms with E-state index in [9.17, 15) is 9.59 Å². The second-order valence-corrected chi connectivity index (χ2v) is 12.5. The van der Waals surface area contributed by atoms with Crippen LogP contribution in [0.25, 0.3) is 5.69 Å². The minimum atomic E-state index is -0.572. The number of aryl methyl sites for hydroxylation is 1. The van der Waals surface area contributed by atoms with Gasteiger partial charge in [0.25, 0.3) is 0 Å². The topological polar surface area (TPSA) is 120 Å². The van der Waals surface area contributed by atoms with Crippen molar-refractivity contribution >= 4 is 29.3 Å². The number of carbonyl (C=O) groups is 2. The molecule has 2 aromatic carbocycles. The minimum absolute atomic E-state index is 0.0912. The van der Waals surface area contributed by atoms with Gasteiger partial charge in [-0.2, -0.15) is 0 Å². The van der Waals surface area contributed by atoms with Crippen molar-refractivity contribution in [3.63, 3.8) is 0 Å². The second-order valence-electron chi connectivity index (χ2n) is 12.0. The van der Waals surface area contributed by atoms with Crippen molar-refractivity contribution in [2.24, 2.45) is 10.9 Å². The molecule has 2 amide bonds. The van der Waals surface area contributed by atoms with E-state index in [1.54, 1.807) is 7.11 Å². The van der Waals surface area contributed by atoms with Gasteiger partial charge in [-0.1, -0.05) is 49.9 Å². The average Bonchev–Trinajstić information content (AvgIpc) is 3.29. The number of ether oxygens (including phenoxy) is 2. The first-order valence-corrected chi connectivity index (χ1v) is 15.6. The highest BCUT2D eigenvalue weighted by atomic mass is 35.5. The molecule has 1 aromatic heterocycles. The fourth-order valence-corrected chi connectivity index (χ4v) is 5.26. The first-order valence-electron chi connectivity index (χ1n) is 15.2. The number of nitrogens with one attached hydrogen (secondary N) is 2. The minimum Gasteiger partial charge on any atom is -0.497 e. The Balaban J connectivity index is 1.40. The Labute approximate surface area is 264 Å². The lowest BCUT2D eigenvalue weighted by atomic mass is 9.98. The zero-order valence-electron chi connectivity index (χ0n) is 26.4. The van der Waals surface area contributed by atoms with Gasteiger partial charge in [-0.3, -0.25) is 14.4 Å². The molecule has 236 valence electrons. The summed E-state index contributed by atoms with van der Waals surface area (Å²) in [7, 11) is 1.63. The molecule has 0 aliphatic carbocycles. The number of nitrogens with zero attached hydrogens (tertiary/aromatic N) is 4. The van der Waals surface area contributed by atoms with Crippen molar-refractivity contribution < 1.29 is 19.1 Å². The number of aliphatic imine (C=N–C) groups is 1. The predicted molar refractivity (Wildman–Crippen MR) is 172 cm³/mol. The Kier molecular flexibility index (Phi) is 11.0. The third-order valence-corrected chi connectivity index (χ3v) is 7.66. The molecule has 10 nitrogen and oxygen atoms in total. The van der Waals surface area contributed by atoms with E-state index >= 15 is 0 Å². The Morgan fingerprint density at radius 2 is 1.64 bits per heavy atom. The van der Waals surface area contributed by atoms with Crippen molar-refractivity contribution in [1.82, 2.24) is 25.4 Å². The van der Waals surface area contributed by atoms with Crippen LogP contribution in [0, 0.1) is 12.8 Å². The normalized spacial score (nSPS) is 14.9. The molecule has 4 rings (SSSR count). The van der Waals surface area contributed by atoms with E-state index in [4.69, 9.17) is 26.1 Å². The predicted octanol–water partition coefficient (Wildman–Crippen LogP) is 6.36. The van der Waals surface area contributed by atoms with E-state index in [1.165, 1.54) is 0 Å². The van der Waals surface area contributed by atoms with Gasteiger partial charge in [0.05, 0.1) is 24.4 Å². The van der Waals surface area contributed by atoms with Crippen LogP contribution in [0.3, 0.4) is 0 Å². The average molecular weight is 623 g/mol. The molecule has 0 bridgehead atoms. The number of hydrogen-bond acceptors (Lipinski definition) is 7. The van der Waals surface area contributed by atoms with Crippen LogP contribution in [0.1, 0.15) is 88.6 Å². The maximum atomic E-state index is 13.4. The molecule has 44 heavy (non-hydrogen) atoms. The van der Waals surface area contributed by atoms with Crippen molar-refractivity contribution in [2.75, 3.05) is 20.2 Å². The highest BCUT2D eigenvalue weighted by molar-refractivity contribution is 6.30. The number of aromatic nitrogens is 3. The lowest BCUT2D eigenvalue weighted by Gasteiger charge is -2.20. The number of rotatable bonds is 12. The van der Waals surface area contributed by atoms with E-state index in [2.05, 4.69) is 20.8 Å². The number of hydrogen-bond donors (Lipinski definition) is 2. The molecule has 2 N–H and O–H groups in total. The van der Waals surface area contributed by atoms with E-state index in [1.807, 2.05) is 81.7 Å². The van der Waals surface area contributed by atoms with Gasteiger partial charge in [-0.25, -0.2) is 4.79 Å².